The van der Waals surface area contributed by atoms with E-state index >= 15 is 0 Å². The van der Waals surface area contributed by atoms with Crippen LogP contribution >= 0.6 is 0 Å². The maximum atomic E-state index is 12.6. The SMILES string of the molecule is Cc1cc(OC(F)(F)F)cc(C)c1-c1cccc(COc2cc3c(cn2)[C@@H](CC(=O)O)CO3)c1. The minimum Gasteiger partial charge on any atom is -0.492 e. The van der Waals surface area contributed by atoms with Crippen LogP contribution in [0.25, 0.3) is 11.1 Å². The average Bonchev–Trinajstić information content (AvgIpc) is 3.12. The highest BCUT2D eigenvalue weighted by Gasteiger charge is 2.31. The standard InChI is InChI=1S/C25H22F3NO5/c1-14-6-19(34-25(26,27)28)7-15(2)24(14)17-5-3-4-16(8-17)12-33-22-10-21-20(11-29-22)18(13-32-21)9-23(30)31/h3-8,10-11,18H,9,12-13H2,1-2H3,(H,30,31)/t18-/m0/s1. The number of benzene rings is 2. The van der Waals surface area contributed by atoms with Crippen molar-refractivity contribution in [2.75, 3.05) is 6.61 Å². The molecule has 1 aliphatic heterocycles. The lowest BCUT2D eigenvalue weighted by Gasteiger charge is -2.15. The lowest BCUT2D eigenvalue weighted by molar-refractivity contribution is -0.274. The second-order valence-corrected chi connectivity index (χ2v) is 8.14. The van der Waals surface area contributed by atoms with E-state index in [0.29, 0.717) is 29.4 Å². The minimum absolute atomic E-state index is 0.0240. The molecule has 0 spiro atoms. The Morgan fingerprint density at radius 2 is 1.91 bits per heavy atom. The summed E-state index contributed by atoms with van der Waals surface area (Å²) in [5.41, 5.74) is 4.58. The maximum Gasteiger partial charge on any atom is 0.573 e. The van der Waals surface area contributed by atoms with E-state index in [1.165, 1.54) is 12.1 Å². The Balaban J connectivity index is 1.49. The molecule has 9 heteroatoms. The van der Waals surface area contributed by atoms with E-state index in [2.05, 4.69) is 9.72 Å². The van der Waals surface area contributed by atoms with Gasteiger partial charge < -0.3 is 19.3 Å². The van der Waals surface area contributed by atoms with Crippen LogP contribution in [0, 0.1) is 13.8 Å². The fourth-order valence-electron chi connectivity index (χ4n) is 4.15. The molecule has 0 amide bonds. The molecule has 1 N–H and O–H groups in total. The van der Waals surface area contributed by atoms with Gasteiger partial charge in [-0.25, -0.2) is 4.98 Å². The summed E-state index contributed by atoms with van der Waals surface area (Å²) >= 11 is 0. The highest BCUT2D eigenvalue weighted by atomic mass is 19.4. The summed E-state index contributed by atoms with van der Waals surface area (Å²) in [6.07, 6.45) is -3.19. The molecule has 0 unspecified atom stereocenters. The van der Waals surface area contributed by atoms with Crippen molar-refractivity contribution in [2.45, 2.75) is 39.2 Å². The molecule has 178 valence electrons. The number of hydrogen-bond acceptors (Lipinski definition) is 5. The van der Waals surface area contributed by atoms with Gasteiger partial charge in [0.2, 0.25) is 5.88 Å². The molecular weight excluding hydrogens is 451 g/mol. The molecule has 1 aliphatic rings. The number of carboxylic acid groups (broad SMARTS) is 1. The van der Waals surface area contributed by atoms with Crippen molar-refractivity contribution in [1.82, 2.24) is 4.98 Å². The first-order valence-corrected chi connectivity index (χ1v) is 10.5. The summed E-state index contributed by atoms with van der Waals surface area (Å²) in [4.78, 5) is 15.3. The monoisotopic (exact) mass is 473 g/mol. The smallest absolute Gasteiger partial charge is 0.492 e. The normalized spacial score (nSPS) is 14.9. The van der Waals surface area contributed by atoms with Gasteiger partial charge in [0.05, 0.1) is 13.0 Å². The zero-order chi connectivity index (χ0) is 24.5. The Bertz CT molecular complexity index is 1200. The van der Waals surface area contributed by atoms with Gasteiger partial charge in [-0.3, -0.25) is 4.79 Å². The van der Waals surface area contributed by atoms with E-state index in [1.54, 1.807) is 26.1 Å². The number of hydrogen-bond donors (Lipinski definition) is 1. The Morgan fingerprint density at radius 3 is 2.59 bits per heavy atom. The fraction of sp³-hybridized carbons (Fsp3) is 0.280. The van der Waals surface area contributed by atoms with Gasteiger partial charge in [0, 0.05) is 23.7 Å². The van der Waals surface area contributed by atoms with Crippen LogP contribution in [-0.4, -0.2) is 29.0 Å². The molecule has 0 saturated carbocycles. The molecule has 1 aromatic heterocycles. The molecular formula is C25H22F3NO5. The zero-order valence-electron chi connectivity index (χ0n) is 18.5. The van der Waals surface area contributed by atoms with Crippen molar-refractivity contribution in [3.8, 4) is 28.5 Å². The minimum atomic E-state index is -4.74. The van der Waals surface area contributed by atoms with E-state index in [9.17, 15) is 18.0 Å². The molecule has 34 heavy (non-hydrogen) atoms. The molecule has 3 aromatic rings. The van der Waals surface area contributed by atoms with Gasteiger partial charge in [-0.1, -0.05) is 18.2 Å². The Morgan fingerprint density at radius 1 is 1.18 bits per heavy atom. The van der Waals surface area contributed by atoms with Crippen LogP contribution in [-0.2, 0) is 11.4 Å². The molecule has 1 atom stereocenters. The van der Waals surface area contributed by atoms with E-state index in [-0.39, 0.29) is 24.7 Å². The predicted molar refractivity (Wildman–Crippen MR) is 117 cm³/mol. The third kappa shape index (κ3) is 5.41. The van der Waals surface area contributed by atoms with Crippen LogP contribution in [0.5, 0.6) is 17.4 Å². The second-order valence-electron chi connectivity index (χ2n) is 8.14. The first-order chi connectivity index (χ1) is 16.1. The highest BCUT2D eigenvalue weighted by molar-refractivity contribution is 5.72. The number of nitrogens with zero attached hydrogens (tertiary/aromatic N) is 1. The Labute approximate surface area is 193 Å². The van der Waals surface area contributed by atoms with Gasteiger partial charge in [0.1, 0.15) is 18.1 Å². The summed E-state index contributed by atoms with van der Waals surface area (Å²) in [5, 5.41) is 9.01. The number of carboxylic acids is 1. The summed E-state index contributed by atoms with van der Waals surface area (Å²) in [5.74, 6) is -0.459. The number of alkyl halides is 3. The van der Waals surface area contributed by atoms with Crippen molar-refractivity contribution in [3.05, 3.63) is 70.9 Å². The van der Waals surface area contributed by atoms with Gasteiger partial charge >= 0.3 is 12.3 Å². The lowest BCUT2D eigenvalue weighted by Crippen LogP contribution is -2.17. The third-order valence-electron chi connectivity index (χ3n) is 5.51. The topological polar surface area (TPSA) is 77.9 Å². The van der Waals surface area contributed by atoms with Gasteiger partial charge in [-0.05, 0) is 59.9 Å². The van der Waals surface area contributed by atoms with Crippen molar-refractivity contribution in [1.29, 1.82) is 0 Å². The summed E-state index contributed by atoms with van der Waals surface area (Å²) in [7, 11) is 0. The second kappa shape index (κ2) is 9.24. The summed E-state index contributed by atoms with van der Waals surface area (Å²) in [6.45, 7) is 3.98. The molecule has 2 aromatic carbocycles. The molecule has 0 fully saturated rings. The largest absolute Gasteiger partial charge is 0.573 e. The number of halogens is 3. The predicted octanol–water partition coefficient (Wildman–Crippen LogP) is 5.79. The van der Waals surface area contributed by atoms with Gasteiger partial charge in [0.25, 0.3) is 0 Å². The molecule has 2 heterocycles. The molecule has 6 nitrogen and oxygen atoms in total. The average molecular weight is 473 g/mol. The number of carbonyl (C=O) groups is 1. The van der Waals surface area contributed by atoms with Gasteiger partial charge in [0.15, 0.2) is 0 Å². The van der Waals surface area contributed by atoms with E-state index in [0.717, 1.165) is 22.3 Å². The Kier molecular flexibility index (Phi) is 6.37. The van der Waals surface area contributed by atoms with Gasteiger partial charge in [-0.15, -0.1) is 13.2 Å². The summed E-state index contributed by atoms with van der Waals surface area (Å²) in [6, 6.07) is 11.9. The third-order valence-corrected chi connectivity index (χ3v) is 5.51. The number of ether oxygens (including phenoxy) is 3. The quantitative estimate of drug-likeness (QED) is 0.468. The van der Waals surface area contributed by atoms with E-state index in [1.807, 2.05) is 24.3 Å². The van der Waals surface area contributed by atoms with E-state index in [4.69, 9.17) is 14.6 Å². The van der Waals surface area contributed by atoms with Crippen LogP contribution in [0.3, 0.4) is 0 Å². The van der Waals surface area contributed by atoms with Crippen molar-refractivity contribution in [3.63, 3.8) is 0 Å². The number of rotatable bonds is 7. The lowest BCUT2D eigenvalue weighted by atomic mass is 9.94. The first kappa shape index (κ1) is 23.4. The fourth-order valence-corrected chi connectivity index (χ4v) is 4.15. The summed E-state index contributed by atoms with van der Waals surface area (Å²) < 4.78 is 53.2. The number of aryl methyl sites for hydroxylation is 2. The van der Waals surface area contributed by atoms with Gasteiger partial charge in [-0.2, -0.15) is 0 Å². The van der Waals surface area contributed by atoms with Crippen LogP contribution in [0.15, 0.2) is 48.7 Å². The molecule has 0 radical (unpaired) electrons. The van der Waals surface area contributed by atoms with E-state index < -0.39 is 12.3 Å². The number of pyridine rings is 1. The van der Waals surface area contributed by atoms with Crippen molar-refractivity contribution >= 4 is 5.97 Å². The van der Waals surface area contributed by atoms with Crippen LogP contribution < -0.4 is 14.2 Å². The van der Waals surface area contributed by atoms with Crippen LogP contribution in [0.1, 0.15) is 34.6 Å². The Hall–Kier alpha value is -3.75. The van der Waals surface area contributed by atoms with Crippen LogP contribution in [0.4, 0.5) is 13.2 Å². The number of aliphatic carboxylic acids is 1. The first-order valence-electron chi connectivity index (χ1n) is 10.5. The number of aromatic nitrogens is 1. The molecule has 4 rings (SSSR count). The molecule has 0 bridgehead atoms. The highest BCUT2D eigenvalue weighted by Crippen LogP contribution is 2.37. The molecule has 0 aliphatic carbocycles. The maximum absolute atomic E-state index is 12.6. The zero-order valence-corrected chi connectivity index (χ0v) is 18.5. The van der Waals surface area contributed by atoms with Crippen molar-refractivity contribution in [2.24, 2.45) is 0 Å². The molecule has 0 saturated heterocycles. The number of fused-ring (bicyclic) bond motifs is 1. The van der Waals surface area contributed by atoms with Crippen LogP contribution in [0.2, 0.25) is 0 Å². The van der Waals surface area contributed by atoms with Crippen molar-refractivity contribution < 1.29 is 37.3 Å².